The Labute approximate surface area is 769 Å². The van der Waals surface area contributed by atoms with Crippen molar-refractivity contribution in [1.29, 1.82) is 0 Å². The van der Waals surface area contributed by atoms with Crippen LogP contribution < -0.4 is 14.2 Å². The molecule has 8 aromatic rings. The highest BCUT2D eigenvalue weighted by Gasteiger charge is 2.45. The Morgan fingerprint density at radius 2 is 0.721 bits per heavy atom. The summed E-state index contributed by atoms with van der Waals surface area (Å²) in [4.78, 5) is 122. The van der Waals surface area contributed by atoms with Gasteiger partial charge in [-0.05, 0) is 139 Å². The number of nitrogens with zero attached hydrogens (tertiary/aromatic N) is 8. The number of Topliss-reactive ketones (excluding diaryl/α,β-unsaturated/α-hetero) is 4. The van der Waals surface area contributed by atoms with E-state index in [4.69, 9.17) is 33.2 Å². The number of carbonyl (C=O) groups excluding carboxylic acids is 8. The summed E-state index contributed by atoms with van der Waals surface area (Å²) in [6.45, 7) is 36.0. The van der Waals surface area contributed by atoms with Crippen molar-refractivity contribution in [2.24, 2.45) is 0 Å². The smallest absolute Gasteiger partial charge is 0.265 e. The summed E-state index contributed by atoms with van der Waals surface area (Å²) in [5, 5.41) is 7.74. The van der Waals surface area contributed by atoms with Crippen molar-refractivity contribution in [3.63, 3.8) is 0 Å². The SMILES string of the molecule is C=C1CC[C@H](N2Cc3c(COc4ccc(CN5CCOCC5)cc4)csc3C2=O)C(=O)C1.C=C1CC[C@H](N2Cc3c(csc3CCc3ccc(CN4CCOCC4)cc3)C2=O)C(=O)C1.C=C1CC[C@H](N2Cc3c(csc3COc3ccc(CN4CCOCC4)cc3F)C2=O)C(=O)C1.C=C1CC[C@H](N2Cc3c(csc3COc3cccc(CN4CCOCC4)c3)C2=O)C(=O)C1. The lowest BCUT2D eigenvalue weighted by molar-refractivity contribution is -0.124. The van der Waals surface area contributed by atoms with Gasteiger partial charge in [0.1, 0.15) is 31.3 Å². The Hall–Kier alpha value is -9.79. The van der Waals surface area contributed by atoms with Gasteiger partial charge in [-0.25, -0.2) is 4.39 Å². The van der Waals surface area contributed by atoms with Crippen molar-refractivity contribution in [1.82, 2.24) is 39.2 Å². The van der Waals surface area contributed by atoms with Crippen molar-refractivity contribution in [2.45, 2.75) is 186 Å². The second-order valence-electron chi connectivity index (χ2n) is 35.5. The Kier molecular flexibility index (Phi) is 29.8. The van der Waals surface area contributed by atoms with E-state index in [2.05, 4.69) is 94.4 Å². The largest absolute Gasteiger partial charge is 0.489 e. The van der Waals surface area contributed by atoms with E-state index in [1.165, 1.54) is 55.9 Å². The molecule has 4 aromatic carbocycles. The van der Waals surface area contributed by atoms with Crippen molar-refractivity contribution in [3.05, 3.63) is 259 Å². The Bertz CT molecular complexity index is 5350. The summed E-state index contributed by atoms with van der Waals surface area (Å²) in [6.07, 6.45) is 9.35. The van der Waals surface area contributed by atoms with Gasteiger partial charge in [-0.15, -0.1) is 45.3 Å². The van der Waals surface area contributed by atoms with Gasteiger partial charge < -0.3 is 52.8 Å². The summed E-state index contributed by atoms with van der Waals surface area (Å²) >= 11 is 6.15. The van der Waals surface area contributed by atoms with E-state index in [1.54, 1.807) is 48.3 Å². The molecule has 129 heavy (non-hydrogen) atoms. The van der Waals surface area contributed by atoms with Crippen LogP contribution in [0.3, 0.4) is 0 Å². The number of benzene rings is 4. The summed E-state index contributed by atoms with van der Waals surface area (Å²) in [7, 11) is 0. The molecule has 8 aliphatic heterocycles. The number of ether oxygens (including phenoxy) is 7. The fourth-order valence-electron chi connectivity index (χ4n) is 19.2. The van der Waals surface area contributed by atoms with E-state index in [9.17, 15) is 42.7 Å². The minimum Gasteiger partial charge on any atom is -0.489 e. The van der Waals surface area contributed by atoms with Gasteiger partial charge in [0.25, 0.3) is 23.6 Å². The monoisotopic (exact) mass is 1820 g/mol. The predicted molar refractivity (Wildman–Crippen MR) is 494 cm³/mol. The van der Waals surface area contributed by atoms with Gasteiger partial charge >= 0.3 is 0 Å². The van der Waals surface area contributed by atoms with Gasteiger partial charge in [0.15, 0.2) is 34.7 Å². The molecular formula is C101H113FN8O15S4. The zero-order valence-electron chi connectivity index (χ0n) is 73.3. The zero-order chi connectivity index (χ0) is 89.2. The number of hydrogen-bond acceptors (Lipinski definition) is 23. The van der Waals surface area contributed by atoms with Gasteiger partial charge in [0.05, 0.1) is 98.6 Å². The summed E-state index contributed by atoms with van der Waals surface area (Å²) in [6, 6.07) is 29.2. The van der Waals surface area contributed by atoms with E-state index >= 15 is 0 Å². The van der Waals surface area contributed by atoms with Gasteiger partial charge in [-0.3, -0.25) is 58.0 Å². The lowest BCUT2D eigenvalue weighted by Crippen LogP contribution is -2.43. The van der Waals surface area contributed by atoms with Crippen LogP contribution in [0.5, 0.6) is 17.2 Å². The van der Waals surface area contributed by atoms with Crippen LogP contribution in [0, 0.1) is 5.82 Å². The first kappa shape index (κ1) is 91.1. The highest BCUT2D eigenvalue weighted by atomic mass is 32.1. The number of aryl methyl sites for hydroxylation is 2. The van der Waals surface area contributed by atoms with Crippen LogP contribution in [0.1, 0.15) is 188 Å². The third-order valence-corrected chi connectivity index (χ3v) is 30.7. The molecule has 4 saturated carbocycles. The highest BCUT2D eigenvalue weighted by molar-refractivity contribution is 7.12. The molecular weight excluding hydrogens is 1710 g/mol. The number of morpholine rings is 4. The molecule has 12 aliphatic rings. The first-order valence-corrected chi connectivity index (χ1v) is 48.8. The quantitative estimate of drug-likeness (QED) is 0.0512. The molecule has 4 atom stereocenters. The topological polar surface area (TPSA) is 227 Å². The number of allylic oxidation sites excluding steroid dienone is 4. The van der Waals surface area contributed by atoms with E-state index < -0.39 is 0 Å². The molecule has 0 bridgehead atoms. The van der Waals surface area contributed by atoms with E-state index in [1.807, 2.05) is 51.9 Å². The number of thiophene rings is 4. The molecule has 28 heteroatoms. The summed E-state index contributed by atoms with van der Waals surface area (Å²) in [5.74, 6) is 1.77. The molecule has 0 spiro atoms. The van der Waals surface area contributed by atoms with Crippen molar-refractivity contribution in [3.8, 4) is 17.2 Å². The Morgan fingerprint density at radius 3 is 1.16 bits per heavy atom. The van der Waals surface area contributed by atoms with E-state index in [-0.39, 0.29) is 89.1 Å². The third-order valence-electron chi connectivity index (χ3n) is 26.6. The van der Waals surface area contributed by atoms with Crippen LogP contribution in [-0.4, -0.2) is 215 Å². The predicted octanol–water partition coefficient (Wildman–Crippen LogP) is 15.5. The number of rotatable bonds is 24. The summed E-state index contributed by atoms with van der Waals surface area (Å²) < 4.78 is 54.2. The van der Waals surface area contributed by atoms with Gasteiger partial charge in [0.2, 0.25) is 0 Å². The molecule has 8 fully saturated rings. The van der Waals surface area contributed by atoms with Crippen LogP contribution in [-0.2, 0) is 123 Å². The molecule has 4 aromatic heterocycles. The normalized spacial score (nSPS) is 21.8. The average molecular weight is 1830 g/mol. The van der Waals surface area contributed by atoms with E-state index in [0.29, 0.717) is 116 Å². The maximum atomic E-state index is 14.7. The molecule has 4 saturated heterocycles. The lowest BCUT2D eigenvalue weighted by atomic mass is 9.89. The van der Waals surface area contributed by atoms with Crippen LogP contribution >= 0.6 is 45.3 Å². The van der Waals surface area contributed by atoms with Crippen molar-refractivity contribution >= 4 is 92.1 Å². The fraction of sp³-hybridized carbons (Fsp3) is 0.446. The number of carbonyl (C=O) groups is 8. The van der Waals surface area contributed by atoms with Crippen LogP contribution in [0.4, 0.5) is 4.39 Å². The standard InChI is InChI=1S/C26H30N2O3S.C25H27FN2O4S.2C25H28N2O4S/c1-18-2-8-23(24(29)14-18)28-16-21-22(26(28)30)17-32-25(21)9-7-19-3-5-20(6-4-19)15-27-10-12-31-13-11-27;1-16-2-4-21(22(29)10-16)28-13-18-19(25(28)30)15-33-24(18)14-32-23-5-3-17(11-20(23)26)12-27-6-8-31-9-7-27;1-17-2-7-22(23(28)12-17)27-14-21-19(16-32-24(21)25(27)29)15-31-20-5-3-18(4-6-20)13-26-8-10-30-11-9-26;1-17-5-6-22(23(28)11-17)27-14-20-21(25(27)29)16-32-24(20)15-31-19-4-2-3-18(12-19)13-26-7-9-30-10-8-26/h3-6,17,23H,1-2,7-16H2;3,5,11,15,21H,1-2,4,6-10,12-14H2;3-6,16,22H,1-2,7-15H2;2-4,12,16,22H,1,5-11,13-15H2/t23-;21-;2*22-/m0000/s1. The molecule has 12 heterocycles. The minimum absolute atomic E-state index is 0.0189. The minimum atomic E-state index is -0.389. The zero-order valence-corrected chi connectivity index (χ0v) is 76.6. The van der Waals surface area contributed by atoms with Gasteiger partial charge in [-0.2, -0.15) is 0 Å². The number of fused-ring (bicyclic) bond motifs is 4. The molecule has 678 valence electrons. The second kappa shape index (κ2) is 42.2. The first-order valence-electron chi connectivity index (χ1n) is 45.3. The Balaban J connectivity index is 0.000000121. The molecule has 23 nitrogen and oxygen atoms in total. The average Bonchev–Trinajstić information content (AvgIpc) is 1.63. The molecule has 0 radical (unpaired) electrons. The fourth-order valence-corrected chi connectivity index (χ4v) is 23.1. The number of ketones is 4. The molecule has 0 unspecified atom stereocenters. The van der Waals surface area contributed by atoms with Crippen molar-refractivity contribution in [2.75, 3.05) is 105 Å². The first-order chi connectivity index (χ1) is 62.7. The molecule has 0 N–H and O–H groups in total. The maximum Gasteiger partial charge on any atom is 0.265 e. The third kappa shape index (κ3) is 22.0. The molecule has 4 amide bonds. The van der Waals surface area contributed by atoms with Gasteiger partial charge in [-0.1, -0.05) is 103 Å². The Morgan fingerprint density at radius 1 is 0.357 bits per heavy atom. The molecule has 20 rings (SSSR count). The lowest BCUT2D eigenvalue weighted by Gasteiger charge is -2.30. The van der Waals surface area contributed by atoms with Crippen LogP contribution in [0.2, 0.25) is 0 Å². The second-order valence-corrected chi connectivity index (χ2v) is 39.3. The number of halogens is 1. The highest BCUT2D eigenvalue weighted by Crippen LogP contribution is 2.42. The van der Waals surface area contributed by atoms with Crippen molar-refractivity contribution < 1.29 is 75.9 Å². The van der Waals surface area contributed by atoms with Gasteiger partial charge in [0, 0.05) is 183 Å². The van der Waals surface area contributed by atoms with Crippen LogP contribution in [0.15, 0.2) is 161 Å². The number of amides is 4. The maximum absolute atomic E-state index is 14.7. The molecule has 4 aliphatic carbocycles. The number of hydrogen-bond donors (Lipinski definition) is 0. The van der Waals surface area contributed by atoms with Crippen LogP contribution in [0.25, 0.3) is 0 Å². The summed E-state index contributed by atoms with van der Waals surface area (Å²) in [5.41, 5.74) is 17.2. The van der Waals surface area contributed by atoms with E-state index in [0.717, 1.165) is 243 Å².